The molecule has 0 aliphatic heterocycles. The normalized spacial score (nSPS) is 14.1. The Kier molecular flexibility index (Phi) is 7.96. The molecule has 0 bridgehead atoms. The van der Waals surface area contributed by atoms with Crippen LogP contribution in [0.5, 0.6) is 0 Å². The number of aromatic nitrogens is 1. The Morgan fingerprint density at radius 2 is 0.919 bits per heavy atom. The molecule has 1 aromatic heterocycles. The van der Waals surface area contributed by atoms with Crippen molar-refractivity contribution in [3.63, 3.8) is 0 Å². The Bertz CT molecular complexity index is 3400. The first-order valence-electron chi connectivity index (χ1n) is 21.9. The first-order valence-corrected chi connectivity index (χ1v) is 21.9. The van der Waals surface area contributed by atoms with Crippen LogP contribution in [-0.4, -0.2) is 4.57 Å². The van der Waals surface area contributed by atoms with Crippen molar-refractivity contribution in [2.75, 3.05) is 4.90 Å². The highest BCUT2D eigenvalue weighted by Gasteiger charge is 2.39. The van der Waals surface area contributed by atoms with Crippen LogP contribution < -0.4 is 4.90 Å². The second-order valence-electron chi connectivity index (χ2n) is 18.1. The monoisotopic (exact) mass is 794 g/mol. The smallest absolute Gasteiger partial charge is 0.0619 e. The lowest BCUT2D eigenvalue weighted by molar-refractivity contribution is 0.660. The number of anilines is 3. The molecule has 2 aliphatic carbocycles. The van der Waals surface area contributed by atoms with Crippen LogP contribution in [0.25, 0.3) is 72.0 Å². The summed E-state index contributed by atoms with van der Waals surface area (Å²) < 4.78 is 2.44. The fraction of sp³-hybridized carbons (Fsp3) is 0.100. The van der Waals surface area contributed by atoms with E-state index in [9.17, 15) is 0 Å². The van der Waals surface area contributed by atoms with Gasteiger partial charge in [0.25, 0.3) is 0 Å². The third-order valence-electron chi connectivity index (χ3n) is 14.0. The van der Waals surface area contributed by atoms with E-state index < -0.39 is 0 Å². The van der Waals surface area contributed by atoms with Crippen LogP contribution in [0, 0.1) is 0 Å². The Labute approximate surface area is 364 Å². The highest BCUT2D eigenvalue weighted by Crippen LogP contribution is 2.55. The molecule has 2 aliphatic rings. The summed E-state index contributed by atoms with van der Waals surface area (Å²) in [5.74, 6) is 0. The van der Waals surface area contributed by atoms with Gasteiger partial charge in [-0.1, -0.05) is 185 Å². The van der Waals surface area contributed by atoms with Gasteiger partial charge in [0.15, 0.2) is 0 Å². The molecule has 9 aromatic carbocycles. The summed E-state index contributed by atoms with van der Waals surface area (Å²) in [7, 11) is 0. The molecule has 296 valence electrons. The zero-order valence-electron chi connectivity index (χ0n) is 35.5. The minimum atomic E-state index is -0.127. The van der Waals surface area contributed by atoms with Crippen molar-refractivity contribution in [1.82, 2.24) is 4.57 Å². The molecule has 2 heteroatoms. The van der Waals surface area contributed by atoms with Gasteiger partial charge in [0.05, 0.1) is 16.7 Å². The Morgan fingerprint density at radius 3 is 1.68 bits per heavy atom. The molecule has 12 rings (SSSR count). The maximum Gasteiger partial charge on any atom is 0.0619 e. The first-order chi connectivity index (χ1) is 30.3. The molecule has 0 N–H and O–H groups in total. The van der Waals surface area contributed by atoms with Gasteiger partial charge in [-0.2, -0.15) is 0 Å². The molecular weight excluding hydrogens is 749 g/mol. The number of benzene rings is 9. The Balaban J connectivity index is 1.06. The molecular formula is C60H46N2. The van der Waals surface area contributed by atoms with E-state index in [1.807, 2.05) is 0 Å². The minimum absolute atomic E-state index is 0.0543. The molecule has 2 nitrogen and oxygen atoms in total. The van der Waals surface area contributed by atoms with Crippen LogP contribution in [0.3, 0.4) is 0 Å². The molecule has 0 spiro atoms. The summed E-state index contributed by atoms with van der Waals surface area (Å²) in [5.41, 5.74) is 22.5. The number of hydrogen-bond donors (Lipinski definition) is 0. The molecule has 0 amide bonds. The highest BCUT2D eigenvalue weighted by molar-refractivity contribution is 6.14. The van der Waals surface area contributed by atoms with E-state index in [4.69, 9.17) is 0 Å². The molecule has 0 atom stereocenters. The summed E-state index contributed by atoms with van der Waals surface area (Å²) in [6.07, 6.45) is 0. The zero-order valence-corrected chi connectivity index (χ0v) is 35.5. The van der Waals surface area contributed by atoms with E-state index in [-0.39, 0.29) is 10.8 Å². The van der Waals surface area contributed by atoms with Crippen LogP contribution in [0.1, 0.15) is 49.9 Å². The lowest BCUT2D eigenvalue weighted by atomic mass is 9.82. The third-order valence-corrected chi connectivity index (χ3v) is 14.0. The van der Waals surface area contributed by atoms with Gasteiger partial charge in [0.1, 0.15) is 0 Å². The number of hydrogen-bond acceptors (Lipinski definition) is 1. The van der Waals surface area contributed by atoms with E-state index in [2.05, 4.69) is 243 Å². The summed E-state index contributed by atoms with van der Waals surface area (Å²) in [5, 5.41) is 2.50. The summed E-state index contributed by atoms with van der Waals surface area (Å²) in [4.78, 5) is 2.49. The fourth-order valence-electron chi connectivity index (χ4n) is 11.0. The predicted octanol–water partition coefficient (Wildman–Crippen LogP) is 16.2. The SMILES string of the molecule is CC1(C)c2ccccc2-c2c(-c3ccc(N(c4cccc(-c5cccc6c7ccccc7n(-c7ccccc7)c56)c4)c4cccc5c4-c4ccccc4C5(C)C)cc3)cccc21. The van der Waals surface area contributed by atoms with Crippen LogP contribution in [0.2, 0.25) is 0 Å². The van der Waals surface area contributed by atoms with E-state index in [0.717, 1.165) is 17.1 Å². The second kappa shape index (κ2) is 13.5. The second-order valence-corrected chi connectivity index (χ2v) is 18.1. The highest BCUT2D eigenvalue weighted by atomic mass is 15.1. The molecule has 10 aromatic rings. The standard InChI is InChI=1S/C60H46N2/c1-59(2)50-28-11-8-23-48(50)56-44(25-16-30-52(56)59)39-34-36-42(37-35-39)61(55-33-17-31-53-57(55)49-24-9-12-29-51(49)60(53,3)4)43-21-14-18-40(38-43)45-26-15-27-47-46-22-10-13-32-54(46)62(58(45)47)41-19-6-5-7-20-41/h5-38H,1-4H3. The molecule has 0 radical (unpaired) electrons. The Morgan fingerprint density at radius 1 is 0.371 bits per heavy atom. The van der Waals surface area contributed by atoms with Crippen LogP contribution in [0.15, 0.2) is 206 Å². The first kappa shape index (κ1) is 36.4. The van der Waals surface area contributed by atoms with Gasteiger partial charge in [-0.3, -0.25) is 0 Å². The van der Waals surface area contributed by atoms with Crippen LogP contribution in [0.4, 0.5) is 17.1 Å². The fourth-order valence-corrected chi connectivity index (χ4v) is 11.0. The van der Waals surface area contributed by atoms with Gasteiger partial charge >= 0.3 is 0 Å². The lowest BCUT2D eigenvalue weighted by Gasteiger charge is -2.29. The molecule has 0 saturated heterocycles. The van der Waals surface area contributed by atoms with Crippen molar-refractivity contribution in [3.05, 3.63) is 229 Å². The molecule has 0 fully saturated rings. The van der Waals surface area contributed by atoms with Crippen molar-refractivity contribution < 1.29 is 0 Å². The minimum Gasteiger partial charge on any atom is -0.310 e. The molecule has 62 heavy (non-hydrogen) atoms. The maximum absolute atomic E-state index is 2.49. The molecule has 1 heterocycles. The van der Waals surface area contributed by atoms with Crippen molar-refractivity contribution in [1.29, 1.82) is 0 Å². The summed E-state index contributed by atoms with van der Waals surface area (Å²) in [6, 6.07) is 76.5. The number of fused-ring (bicyclic) bond motifs is 9. The van der Waals surface area contributed by atoms with E-state index in [0.29, 0.717) is 0 Å². The van der Waals surface area contributed by atoms with Crippen LogP contribution >= 0.6 is 0 Å². The number of para-hydroxylation sites is 3. The number of nitrogens with zero attached hydrogens (tertiary/aromatic N) is 2. The van der Waals surface area contributed by atoms with Gasteiger partial charge in [0.2, 0.25) is 0 Å². The third kappa shape index (κ3) is 5.23. The van der Waals surface area contributed by atoms with Crippen molar-refractivity contribution >= 4 is 38.9 Å². The van der Waals surface area contributed by atoms with Gasteiger partial charge < -0.3 is 9.47 Å². The number of rotatable bonds is 6. The average Bonchev–Trinajstić information content (AvgIpc) is 3.87. The van der Waals surface area contributed by atoms with Gasteiger partial charge in [-0.15, -0.1) is 0 Å². The quantitative estimate of drug-likeness (QED) is 0.163. The molecule has 0 unspecified atom stereocenters. The largest absolute Gasteiger partial charge is 0.310 e. The van der Waals surface area contributed by atoms with Crippen LogP contribution in [-0.2, 0) is 10.8 Å². The van der Waals surface area contributed by atoms with Crippen molar-refractivity contribution in [2.24, 2.45) is 0 Å². The zero-order chi connectivity index (χ0) is 41.7. The average molecular weight is 795 g/mol. The summed E-state index contributed by atoms with van der Waals surface area (Å²) in [6.45, 7) is 9.45. The summed E-state index contributed by atoms with van der Waals surface area (Å²) >= 11 is 0. The van der Waals surface area contributed by atoms with E-state index in [1.165, 1.54) is 94.3 Å². The van der Waals surface area contributed by atoms with Crippen molar-refractivity contribution in [3.8, 4) is 50.2 Å². The lowest BCUT2D eigenvalue weighted by Crippen LogP contribution is -2.16. The van der Waals surface area contributed by atoms with Gasteiger partial charge in [-0.25, -0.2) is 0 Å². The van der Waals surface area contributed by atoms with Crippen molar-refractivity contribution in [2.45, 2.75) is 38.5 Å². The Hall–Kier alpha value is -7.42. The van der Waals surface area contributed by atoms with E-state index >= 15 is 0 Å². The maximum atomic E-state index is 2.49. The predicted molar refractivity (Wildman–Crippen MR) is 261 cm³/mol. The van der Waals surface area contributed by atoms with E-state index in [1.54, 1.807) is 0 Å². The van der Waals surface area contributed by atoms with Gasteiger partial charge in [0, 0.05) is 49.8 Å². The van der Waals surface area contributed by atoms with Gasteiger partial charge in [-0.05, 0) is 104 Å². The molecule has 0 saturated carbocycles. The topological polar surface area (TPSA) is 8.17 Å².